The molecule has 0 atom stereocenters. The molecule has 3 rings (SSSR count). The second-order valence-corrected chi connectivity index (χ2v) is 5.65. The SMILES string of the molecule is COc1cc(NC(=O)C2CCC2)ccc1N1CCCC1=O. The second kappa shape index (κ2) is 5.76. The van der Waals surface area contributed by atoms with Gasteiger partial charge in [0.05, 0.1) is 12.8 Å². The molecular formula is C16H20N2O3. The van der Waals surface area contributed by atoms with Crippen LogP contribution in [-0.4, -0.2) is 25.5 Å². The van der Waals surface area contributed by atoms with Gasteiger partial charge < -0.3 is 15.0 Å². The second-order valence-electron chi connectivity index (χ2n) is 5.65. The van der Waals surface area contributed by atoms with E-state index in [4.69, 9.17) is 4.74 Å². The molecule has 0 unspecified atom stereocenters. The average Bonchev–Trinajstić information content (AvgIpc) is 2.82. The van der Waals surface area contributed by atoms with E-state index in [1.165, 1.54) is 0 Å². The van der Waals surface area contributed by atoms with Crippen LogP contribution in [0.15, 0.2) is 18.2 Å². The Bertz CT molecular complexity index is 567. The predicted molar refractivity (Wildman–Crippen MR) is 80.6 cm³/mol. The first-order valence-corrected chi connectivity index (χ1v) is 7.48. The molecule has 2 amide bonds. The van der Waals surface area contributed by atoms with Gasteiger partial charge in [-0.2, -0.15) is 0 Å². The van der Waals surface area contributed by atoms with Gasteiger partial charge in [-0.3, -0.25) is 9.59 Å². The minimum Gasteiger partial charge on any atom is -0.494 e. The Morgan fingerprint density at radius 3 is 2.71 bits per heavy atom. The molecule has 112 valence electrons. The van der Waals surface area contributed by atoms with Crippen LogP contribution >= 0.6 is 0 Å². The quantitative estimate of drug-likeness (QED) is 0.926. The number of rotatable bonds is 4. The minimum atomic E-state index is 0.0771. The molecular weight excluding hydrogens is 268 g/mol. The van der Waals surface area contributed by atoms with Crippen LogP contribution in [0.4, 0.5) is 11.4 Å². The summed E-state index contributed by atoms with van der Waals surface area (Å²) in [7, 11) is 1.58. The van der Waals surface area contributed by atoms with Crippen molar-refractivity contribution < 1.29 is 14.3 Å². The molecule has 0 spiro atoms. The standard InChI is InChI=1S/C16H20N2O3/c1-21-14-10-12(17-16(20)11-4-2-5-11)7-8-13(14)18-9-3-6-15(18)19/h7-8,10-11H,2-6,9H2,1H3,(H,17,20). The van der Waals surface area contributed by atoms with E-state index in [0.29, 0.717) is 12.2 Å². The lowest BCUT2D eigenvalue weighted by Gasteiger charge is -2.24. The van der Waals surface area contributed by atoms with Crippen molar-refractivity contribution in [2.45, 2.75) is 32.1 Å². The first-order valence-electron chi connectivity index (χ1n) is 7.48. The van der Waals surface area contributed by atoms with Crippen LogP contribution in [-0.2, 0) is 9.59 Å². The molecule has 1 saturated carbocycles. The van der Waals surface area contributed by atoms with Crippen LogP contribution in [0.25, 0.3) is 0 Å². The summed E-state index contributed by atoms with van der Waals surface area (Å²) in [5.74, 6) is 0.973. The highest BCUT2D eigenvalue weighted by Gasteiger charge is 2.27. The number of hydrogen-bond donors (Lipinski definition) is 1. The van der Waals surface area contributed by atoms with E-state index >= 15 is 0 Å². The molecule has 1 aromatic carbocycles. The summed E-state index contributed by atoms with van der Waals surface area (Å²) in [4.78, 5) is 25.6. The van der Waals surface area contributed by atoms with Gasteiger partial charge in [0.15, 0.2) is 0 Å². The highest BCUT2D eigenvalue weighted by Crippen LogP contribution is 2.34. The van der Waals surface area contributed by atoms with Crippen molar-refractivity contribution in [1.29, 1.82) is 0 Å². The molecule has 0 aromatic heterocycles. The highest BCUT2D eigenvalue weighted by molar-refractivity contribution is 5.98. The lowest BCUT2D eigenvalue weighted by molar-refractivity contribution is -0.122. The molecule has 0 bridgehead atoms. The van der Waals surface area contributed by atoms with Crippen molar-refractivity contribution in [2.24, 2.45) is 5.92 Å². The van der Waals surface area contributed by atoms with Crippen molar-refractivity contribution >= 4 is 23.2 Å². The fraction of sp³-hybridized carbons (Fsp3) is 0.500. The van der Waals surface area contributed by atoms with Gasteiger partial charge >= 0.3 is 0 Å². The van der Waals surface area contributed by atoms with Crippen molar-refractivity contribution in [1.82, 2.24) is 0 Å². The van der Waals surface area contributed by atoms with E-state index in [1.807, 2.05) is 12.1 Å². The molecule has 1 saturated heterocycles. The van der Waals surface area contributed by atoms with Gasteiger partial charge in [0.2, 0.25) is 11.8 Å². The summed E-state index contributed by atoms with van der Waals surface area (Å²) < 4.78 is 5.38. The molecule has 1 N–H and O–H groups in total. The zero-order chi connectivity index (χ0) is 14.8. The number of amides is 2. The third-order valence-corrected chi connectivity index (χ3v) is 4.29. The Balaban J connectivity index is 1.78. The topological polar surface area (TPSA) is 58.6 Å². The zero-order valence-electron chi connectivity index (χ0n) is 12.2. The van der Waals surface area contributed by atoms with Gasteiger partial charge in [-0.25, -0.2) is 0 Å². The zero-order valence-corrected chi connectivity index (χ0v) is 12.2. The molecule has 2 aliphatic rings. The van der Waals surface area contributed by atoms with E-state index < -0.39 is 0 Å². The van der Waals surface area contributed by atoms with Gasteiger partial charge in [0.1, 0.15) is 5.75 Å². The Labute approximate surface area is 124 Å². The van der Waals surface area contributed by atoms with Crippen molar-refractivity contribution in [3.8, 4) is 5.75 Å². The maximum Gasteiger partial charge on any atom is 0.227 e. The normalized spacial score (nSPS) is 18.5. The molecule has 0 radical (unpaired) electrons. The Morgan fingerprint density at radius 2 is 2.14 bits per heavy atom. The number of carbonyl (C=O) groups is 2. The van der Waals surface area contributed by atoms with E-state index in [0.717, 1.165) is 43.6 Å². The lowest BCUT2D eigenvalue weighted by atomic mass is 9.85. The number of ether oxygens (including phenoxy) is 1. The maximum atomic E-state index is 12.0. The molecule has 1 aliphatic carbocycles. The third kappa shape index (κ3) is 2.73. The van der Waals surface area contributed by atoms with Crippen LogP contribution in [0, 0.1) is 5.92 Å². The van der Waals surface area contributed by atoms with Crippen LogP contribution in [0.5, 0.6) is 5.75 Å². The Hall–Kier alpha value is -2.04. The van der Waals surface area contributed by atoms with Gasteiger partial charge in [-0.05, 0) is 31.4 Å². The van der Waals surface area contributed by atoms with Gasteiger partial charge in [0, 0.05) is 30.6 Å². The number of hydrogen-bond acceptors (Lipinski definition) is 3. The summed E-state index contributed by atoms with van der Waals surface area (Å²) in [6.07, 6.45) is 4.55. The highest BCUT2D eigenvalue weighted by atomic mass is 16.5. The summed E-state index contributed by atoms with van der Waals surface area (Å²) in [5, 5.41) is 2.93. The molecule has 5 nitrogen and oxygen atoms in total. The minimum absolute atomic E-state index is 0.0771. The van der Waals surface area contributed by atoms with Crippen LogP contribution < -0.4 is 15.0 Å². The van der Waals surface area contributed by atoms with E-state index in [1.54, 1.807) is 18.1 Å². The Kier molecular flexibility index (Phi) is 3.82. The molecule has 1 aromatic rings. The molecule has 21 heavy (non-hydrogen) atoms. The first-order chi connectivity index (χ1) is 10.2. The Morgan fingerprint density at radius 1 is 1.33 bits per heavy atom. The van der Waals surface area contributed by atoms with Gasteiger partial charge in [0.25, 0.3) is 0 Å². The van der Waals surface area contributed by atoms with Crippen LogP contribution in [0.1, 0.15) is 32.1 Å². The number of benzene rings is 1. The van der Waals surface area contributed by atoms with Crippen molar-refractivity contribution in [3.63, 3.8) is 0 Å². The molecule has 1 heterocycles. The fourth-order valence-corrected chi connectivity index (χ4v) is 2.80. The number of methoxy groups -OCH3 is 1. The number of carbonyl (C=O) groups excluding carboxylic acids is 2. The van der Waals surface area contributed by atoms with Crippen molar-refractivity contribution in [3.05, 3.63) is 18.2 Å². The maximum absolute atomic E-state index is 12.0. The monoisotopic (exact) mass is 288 g/mol. The molecule has 2 fully saturated rings. The number of anilines is 2. The number of nitrogens with zero attached hydrogens (tertiary/aromatic N) is 1. The van der Waals surface area contributed by atoms with Gasteiger partial charge in [-0.15, -0.1) is 0 Å². The van der Waals surface area contributed by atoms with E-state index in [2.05, 4.69) is 5.32 Å². The van der Waals surface area contributed by atoms with E-state index in [-0.39, 0.29) is 17.7 Å². The third-order valence-electron chi connectivity index (χ3n) is 4.29. The summed E-state index contributed by atoms with van der Waals surface area (Å²) in [6.45, 7) is 0.725. The lowest BCUT2D eigenvalue weighted by Crippen LogP contribution is -2.28. The summed E-state index contributed by atoms with van der Waals surface area (Å²) in [6, 6.07) is 5.47. The van der Waals surface area contributed by atoms with Crippen LogP contribution in [0.3, 0.4) is 0 Å². The molecule has 1 aliphatic heterocycles. The largest absolute Gasteiger partial charge is 0.494 e. The van der Waals surface area contributed by atoms with E-state index in [9.17, 15) is 9.59 Å². The summed E-state index contributed by atoms with van der Waals surface area (Å²) in [5.41, 5.74) is 1.50. The predicted octanol–water partition coefficient (Wildman–Crippen LogP) is 2.56. The van der Waals surface area contributed by atoms with Gasteiger partial charge in [-0.1, -0.05) is 6.42 Å². The molecule has 5 heteroatoms. The summed E-state index contributed by atoms with van der Waals surface area (Å²) >= 11 is 0. The van der Waals surface area contributed by atoms with Crippen LogP contribution in [0.2, 0.25) is 0 Å². The number of nitrogens with one attached hydrogen (secondary N) is 1. The van der Waals surface area contributed by atoms with Crippen molar-refractivity contribution in [2.75, 3.05) is 23.9 Å². The smallest absolute Gasteiger partial charge is 0.227 e. The first kappa shape index (κ1) is 13.9. The fourth-order valence-electron chi connectivity index (χ4n) is 2.80. The average molecular weight is 288 g/mol.